The van der Waals surface area contributed by atoms with E-state index in [0.717, 1.165) is 0 Å². The van der Waals surface area contributed by atoms with E-state index >= 15 is 0 Å². The van der Waals surface area contributed by atoms with Crippen molar-refractivity contribution >= 4 is 6.29 Å². The Morgan fingerprint density at radius 1 is 1.64 bits per heavy atom. The summed E-state index contributed by atoms with van der Waals surface area (Å²) in [6, 6.07) is 5.42. The second kappa shape index (κ2) is 3.05. The van der Waals surface area contributed by atoms with E-state index in [0.29, 0.717) is 11.8 Å². The monoisotopic (exact) mass is 151 g/mol. The number of carbonyl (C=O) groups is 1. The molecule has 0 atom stereocenters. The number of hydrogen-bond acceptors (Lipinski definition) is 3. The first-order valence-corrected chi connectivity index (χ1v) is 3.02. The fourth-order valence-electron chi connectivity index (χ4n) is 0.706. The van der Waals surface area contributed by atoms with Crippen LogP contribution in [0.25, 0.3) is 0 Å². The number of ether oxygens (including phenoxy) is 1. The zero-order valence-corrected chi connectivity index (χ0v) is 6.00. The number of aldehydes is 1. The number of phenolic OH excluding ortho intramolecular Hbond substituents is 1. The summed E-state index contributed by atoms with van der Waals surface area (Å²) in [6.45, 7) is 0. The van der Waals surface area contributed by atoms with E-state index < -0.39 is 0 Å². The summed E-state index contributed by atoms with van der Waals surface area (Å²) in [5, 5.41) is 9.06. The summed E-state index contributed by atoms with van der Waals surface area (Å²) >= 11 is 0. The van der Waals surface area contributed by atoms with Gasteiger partial charge in [-0.15, -0.1) is 0 Å². The zero-order chi connectivity index (χ0) is 8.27. The molecule has 1 aromatic rings. The maximum Gasteiger partial charge on any atom is 0.169 e. The Labute approximate surface area is 64.2 Å². The highest BCUT2D eigenvalue weighted by molar-refractivity contribution is 5.75. The van der Waals surface area contributed by atoms with Crippen LogP contribution in [0.15, 0.2) is 12.1 Å². The van der Waals surface area contributed by atoms with Crippen molar-refractivity contribution in [1.82, 2.24) is 0 Å². The third-order valence-electron chi connectivity index (χ3n) is 1.24. The molecule has 3 nitrogen and oxygen atoms in total. The number of hydrogen-bond donors (Lipinski definition) is 1. The molecule has 57 valence electrons. The second-order valence-corrected chi connectivity index (χ2v) is 1.95. The van der Waals surface area contributed by atoms with Gasteiger partial charge in [-0.05, 0) is 12.1 Å². The Morgan fingerprint density at radius 2 is 2.36 bits per heavy atom. The fraction of sp³-hybridized carbons (Fsp3) is 0.125. The van der Waals surface area contributed by atoms with Gasteiger partial charge in [-0.3, -0.25) is 4.79 Å². The Hall–Kier alpha value is -1.51. The SMILES string of the molecule is COc1[c]c(C=O)ccc1O. The van der Waals surface area contributed by atoms with Crippen LogP contribution in [0.3, 0.4) is 0 Å². The van der Waals surface area contributed by atoms with E-state index in [9.17, 15) is 4.79 Å². The Kier molecular flexibility index (Phi) is 2.11. The van der Waals surface area contributed by atoms with Crippen LogP contribution in [-0.2, 0) is 0 Å². The van der Waals surface area contributed by atoms with Crippen molar-refractivity contribution in [2.24, 2.45) is 0 Å². The summed E-state index contributed by atoms with van der Waals surface area (Å²) in [6.07, 6.45) is 0.641. The normalized spacial score (nSPS) is 9.18. The third-order valence-corrected chi connectivity index (χ3v) is 1.24. The number of carbonyl (C=O) groups excluding carboxylic acids is 1. The maximum atomic E-state index is 10.2. The smallest absolute Gasteiger partial charge is 0.169 e. The first kappa shape index (κ1) is 7.60. The van der Waals surface area contributed by atoms with Crippen molar-refractivity contribution in [1.29, 1.82) is 0 Å². The van der Waals surface area contributed by atoms with Gasteiger partial charge in [-0.1, -0.05) is 0 Å². The summed E-state index contributed by atoms with van der Waals surface area (Å²) < 4.78 is 4.72. The molecule has 0 spiro atoms. The zero-order valence-electron chi connectivity index (χ0n) is 6.00. The lowest BCUT2D eigenvalue weighted by molar-refractivity contribution is 0.112. The molecular formula is C8H7O3. The summed E-state index contributed by atoms with van der Waals surface area (Å²) in [5.41, 5.74) is 0.361. The molecule has 0 unspecified atom stereocenters. The molecule has 0 aliphatic rings. The van der Waals surface area contributed by atoms with Crippen LogP contribution >= 0.6 is 0 Å². The highest BCUT2D eigenvalue weighted by atomic mass is 16.5. The maximum absolute atomic E-state index is 10.2. The van der Waals surface area contributed by atoms with Crippen molar-refractivity contribution in [3.8, 4) is 11.5 Å². The average molecular weight is 151 g/mol. The fourth-order valence-corrected chi connectivity index (χ4v) is 0.706. The Balaban J connectivity index is 3.12. The molecule has 0 aliphatic heterocycles. The predicted octanol–water partition coefficient (Wildman–Crippen LogP) is 1.01. The highest BCUT2D eigenvalue weighted by Crippen LogP contribution is 2.24. The highest BCUT2D eigenvalue weighted by Gasteiger charge is 2.01. The van der Waals surface area contributed by atoms with Gasteiger partial charge < -0.3 is 9.84 Å². The van der Waals surface area contributed by atoms with E-state index in [1.807, 2.05) is 0 Å². The van der Waals surface area contributed by atoms with E-state index in [1.165, 1.54) is 19.2 Å². The van der Waals surface area contributed by atoms with Crippen LogP contribution in [0.1, 0.15) is 10.4 Å². The van der Waals surface area contributed by atoms with Crippen molar-refractivity contribution in [3.05, 3.63) is 23.8 Å². The minimum absolute atomic E-state index is 0.0156. The second-order valence-electron chi connectivity index (χ2n) is 1.95. The molecule has 11 heavy (non-hydrogen) atoms. The Morgan fingerprint density at radius 3 is 2.91 bits per heavy atom. The molecule has 0 saturated heterocycles. The van der Waals surface area contributed by atoms with Gasteiger partial charge in [0.2, 0.25) is 0 Å². The molecule has 1 N–H and O–H groups in total. The molecule has 0 amide bonds. The van der Waals surface area contributed by atoms with Gasteiger partial charge in [-0.2, -0.15) is 0 Å². The van der Waals surface area contributed by atoms with Gasteiger partial charge in [0.15, 0.2) is 17.8 Å². The van der Waals surface area contributed by atoms with Crippen molar-refractivity contribution in [3.63, 3.8) is 0 Å². The van der Waals surface area contributed by atoms with Crippen molar-refractivity contribution < 1.29 is 14.6 Å². The molecule has 1 rings (SSSR count). The first-order chi connectivity index (χ1) is 5.27. The number of benzene rings is 1. The van der Waals surface area contributed by atoms with Gasteiger partial charge in [0.25, 0.3) is 0 Å². The molecule has 0 heterocycles. The lowest BCUT2D eigenvalue weighted by Crippen LogP contribution is -1.86. The topological polar surface area (TPSA) is 46.5 Å². The van der Waals surface area contributed by atoms with Gasteiger partial charge in [-0.25, -0.2) is 0 Å². The van der Waals surface area contributed by atoms with E-state index in [4.69, 9.17) is 9.84 Å². The van der Waals surface area contributed by atoms with Crippen molar-refractivity contribution in [2.75, 3.05) is 7.11 Å². The van der Waals surface area contributed by atoms with Crippen molar-refractivity contribution in [2.45, 2.75) is 0 Å². The van der Waals surface area contributed by atoms with Gasteiger partial charge in [0, 0.05) is 11.6 Å². The molecule has 0 bridgehead atoms. The van der Waals surface area contributed by atoms with Crippen LogP contribution in [0.4, 0.5) is 0 Å². The van der Waals surface area contributed by atoms with E-state index in [2.05, 4.69) is 6.07 Å². The summed E-state index contributed by atoms with van der Waals surface area (Å²) in [7, 11) is 1.40. The Bertz CT molecular complexity index is 268. The number of phenols is 1. The van der Waals surface area contributed by atoms with Crippen LogP contribution in [0.2, 0.25) is 0 Å². The summed E-state index contributed by atoms with van der Waals surface area (Å²) in [4.78, 5) is 10.2. The van der Waals surface area contributed by atoms with Crippen LogP contribution < -0.4 is 4.74 Å². The molecule has 1 aromatic carbocycles. The van der Waals surface area contributed by atoms with Crippen LogP contribution in [0, 0.1) is 6.07 Å². The van der Waals surface area contributed by atoms with E-state index in [1.54, 1.807) is 0 Å². The summed E-state index contributed by atoms with van der Waals surface area (Å²) in [5.74, 6) is 0.174. The third kappa shape index (κ3) is 1.49. The standard InChI is InChI=1S/C8H7O3/c1-11-8-4-6(5-9)2-3-7(8)10/h2-3,5,10H,1H3. The number of methoxy groups -OCH3 is 1. The molecule has 0 aromatic heterocycles. The first-order valence-electron chi connectivity index (χ1n) is 3.02. The van der Waals surface area contributed by atoms with Gasteiger partial charge >= 0.3 is 0 Å². The van der Waals surface area contributed by atoms with E-state index in [-0.39, 0.29) is 11.5 Å². The van der Waals surface area contributed by atoms with Crippen LogP contribution in [0.5, 0.6) is 11.5 Å². The molecule has 0 fully saturated rings. The lowest BCUT2D eigenvalue weighted by atomic mass is 10.2. The van der Waals surface area contributed by atoms with Crippen LogP contribution in [-0.4, -0.2) is 18.5 Å². The molecular weight excluding hydrogens is 144 g/mol. The number of aromatic hydroxyl groups is 1. The number of rotatable bonds is 2. The predicted molar refractivity (Wildman–Crippen MR) is 38.9 cm³/mol. The minimum Gasteiger partial charge on any atom is -0.504 e. The lowest BCUT2D eigenvalue weighted by Gasteiger charge is -2.01. The molecule has 0 aliphatic carbocycles. The molecule has 1 radical (unpaired) electrons. The average Bonchev–Trinajstić information content (AvgIpc) is 2.05. The molecule has 3 heteroatoms. The minimum atomic E-state index is -0.0156. The van der Waals surface area contributed by atoms with Gasteiger partial charge in [0.05, 0.1) is 7.11 Å². The molecule has 0 saturated carbocycles. The largest absolute Gasteiger partial charge is 0.504 e. The van der Waals surface area contributed by atoms with Gasteiger partial charge in [0.1, 0.15) is 0 Å². The quantitative estimate of drug-likeness (QED) is 0.641.